The first kappa shape index (κ1) is 17.5. The zero-order valence-corrected chi connectivity index (χ0v) is 15.5. The number of carbonyl (C=O) groups excluding carboxylic acids is 1. The highest BCUT2D eigenvalue weighted by atomic mass is 16.5. The van der Waals surface area contributed by atoms with Gasteiger partial charge < -0.3 is 9.64 Å². The fourth-order valence-corrected chi connectivity index (χ4v) is 3.29. The van der Waals surface area contributed by atoms with Gasteiger partial charge in [-0.3, -0.25) is 9.69 Å². The molecule has 0 radical (unpaired) electrons. The van der Waals surface area contributed by atoms with E-state index in [0.29, 0.717) is 0 Å². The van der Waals surface area contributed by atoms with Crippen molar-refractivity contribution >= 4 is 11.6 Å². The van der Waals surface area contributed by atoms with Gasteiger partial charge in [-0.05, 0) is 61.7 Å². The molecule has 1 fully saturated rings. The molecule has 0 N–H and O–H groups in total. The lowest BCUT2D eigenvalue weighted by molar-refractivity contribution is -0.125. The van der Waals surface area contributed by atoms with E-state index >= 15 is 0 Å². The predicted octanol–water partition coefficient (Wildman–Crippen LogP) is 3.55. The molecule has 132 valence electrons. The van der Waals surface area contributed by atoms with Gasteiger partial charge in [0, 0.05) is 25.3 Å². The van der Waals surface area contributed by atoms with Gasteiger partial charge in [-0.1, -0.05) is 18.2 Å². The molecule has 1 amide bonds. The average Bonchev–Trinajstić information content (AvgIpc) is 2.62. The summed E-state index contributed by atoms with van der Waals surface area (Å²) in [7, 11) is 1.67. The molecule has 1 aliphatic rings. The molecule has 2 aromatic rings. The molecular weight excluding hydrogens is 312 g/mol. The average molecular weight is 338 g/mol. The van der Waals surface area contributed by atoms with Crippen LogP contribution in [-0.2, 0) is 11.3 Å². The van der Waals surface area contributed by atoms with Crippen molar-refractivity contribution in [2.45, 2.75) is 33.4 Å². The number of amides is 1. The maximum atomic E-state index is 12.9. The van der Waals surface area contributed by atoms with Crippen LogP contribution in [0.1, 0.15) is 23.6 Å². The lowest BCUT2D eigenvalue weighted by Gasteiger charge is -2.39. The van der Waals surface area contributed by atoms with E-state index in [0.717, 1.165) is 31.1 Å². The summed E-state index contributed by atoms with van der Waals surface area (Å²) in [6.45, 7) is 8.51. The van der Waals surface area contributed by atoms with Gasteiger partial charge in [-0.15, -0.1) is 0 Å². The third-order valence-electron chi connectivity index (χ3n) is 5.10. The zero-order chi connectivity index (χ0) is 18.0. The van der Waals surface area contributed by atoms with Crippen LogP contribution in [0.15, 0.2) is 42.5 Å². The van der Waals surface area contributed by atoms with E-state index in [4.69, 9.17) is 4.74 Å². The van der Waals surface area contributed by atoms with Gasteiger partial charge in [0.25, 0.3) is 0 Å². The minimum absolute atomic E-state index is 0.137. The molecule has 1 heterocycles. The second kappa shape index (κ2) is 7.28. The molecule has 25 heavy (non-hydrogen) atoms. The summed E-state index contributed by atoms with van der Waals surface area (Å²) in [6.07, 6.45) is 0. The maximum Gasteiger partial charge on any atom is 0.244 e. The molecule has 2 aromatic carbocycles. The van der Waals surface area contributed by atoms with Crippen LogP contribution in [-0.4, -0.2) is 37.0 Å². The van der Waals surface area contributed by atoms with Crippen LogP contribution in [0.4, 0.5) is 5.69 Å². The number of hydrogen-bond acceptors (Lipinski definition) is 3. The van der Waals surface area contributed by atoms with E-state index in [-0.39, 0.29) is 11.9 Å². The Labute approximate surface area is 150 Å². The van der Waals surface area contributed by atoms with E-state index in [9.17, 15) is 4.79 Å². The number of carbonyl (C=O) groups is 1. The Bertz CT molecular complexity index is 772. The van der Waals surface area contributed by atoms with Crippen LogP contribution in [0.5, 0.6) is 5.75 Å². The number of rotatable bonds is 4. The van der Waals surface area contributed by atoms with E-state index < -0.39 is 0 Å². The molecule has 1 aliphatic heterocycles. The lowest BCUT2D eigenvalue weighted by atomic mass is 10.1. The van der Waals surface area contributed by atoms with Gasteiger partial charge in [0.05, 0.1) is 13.2 Å². The summed E-state index contributed by atoms with van der Waals surface area (Å²) >= 11 is 0. The van der Waals surface area contributed by atoms with Gasteiger partial charge in [0.15, 0.2) is 0 Å². The Balaban J connectivity index is 1.73. The summed E-state index contributed by atoms with van der Waals surface area (Å²) in [5.41, 5.74) is 4.64. The Morgan fingerprint density at radius 3 is 2.60 bits per heavy atom. The van der Waals surface area contributed by atoms with E-state index in [2.05, 4.69) is 36.9 Å². The van der Waals surface area contributed by atoms with Crippen molar-refractivity contribution < 1.29 is 9.53 Å². The fraction of sp³-hybridized carbons (Fsp3) is 0.381. The minimum Gasteiger partial charge on any atom is -0.497 e. The number of anilines is 1. The molecule has 0 bridgehead atoms. The number of hydrogen-bond donors (Lipinski definition) is 0. The third-order valence-corrected chi connectivity index (χ3v) is 5.10. The van der Waals surface area contributed by atoms with Crippen molar-refractivity contribution in [3.8, 4) is 5.75 Å². The van der Waals surface area contributed by atoms with Crippen molar-refractivity contribution in [2.24, 2.45) is 0 Å². The molecule has 1 saturated heterocycles. The van der Waals surface area contributed by atoms with Crippen molar-refractivity contribution in [3.63, 3.8) is 0 Å². The SMILES string of the molecule is COc1cccc(CN2CCN(c3ccc(C)c(C)c3)C(=O)C2C)c1. The fourth-order valence-electron chi connectivity index (χ4n) is 3.29. The van der Waals surface area contributed by atoms with Crippen molar-refractivity contribution in [3.05, 3.63) is 59.2 Å². The van der Waals surface area contributed by atoms with Crippen LogP contribution in [0, 0.1) is 13.8 Å². The molecule has 0 saturated carbocycles. The zero-order valence-electron chi connectivity index (χ0n) is 15.5. The monoisotopic (exact) mass is 338 g/mol. The number of nitrogens with zero attached hydrogens (tertiary/aromatic N) is 2. The molecule has 0 aromatic heterocycles. The number of aryl methyl sites for hydroxylation is 2. The number of piperazine rings is 1. The number of benzene rings is 2. The van der Waals surface area contributed by atoms with Crippen LogP contribution in [0.3, 0.4) is 0 Å². The second-order valence-corrected chi connectivity index (χ2v) is 6.76. The Hall–Kier alpha value is -2.33. The van der Waals surface area contributed by atoms with Crippen molar-refractivity contribution in [1.29, 1.82) is 0 Å². The number of methoxy groups -OCH3 is 1. The Kier molecular flexibility index (Phi) is 5.09. The molecular formula is C21H26N2O2. The van der Waals surface area contributed by atoms with E-state index in [1.54, 1.807) is 7.11 Å². The molecule has 4 heteroatoms. The number of ether oxygens (including phenoxy) is 1. The van der Waals surface area contributed by atoms with E-state index in [1.807, 2.05) is 36.1 Å². The van der Waals surface area contributed by atoms with Gasteiger partial charge in [-0.2, -0.15) is 0 Å². The maximum absolute atomic E-state index is 12.9. The highest BCUT2D eigenvalue weighted by Crippen LogP contribution is 2.24. The molecule has 1 unspecified atom stereocenters. The predicted molar refractivity (Wildman–Crippen MR) is 101 cm³/mol. The van der Waals surface area contributed by atoms with Crippen LogP contribution < -0.4 is 9.64 Å². The molecule has 0 spiro atoms. The quantitative estimate of drug-likeness (QED) is 0.855. The topological polar surface area (TPSA) is 32.8 Å². The molecule has 3 rings (SSSR count). The summed E-state index contributed by atoms with van der Waals surface area (Å²) in [4.78, 5) is 17.1. The molecule has 0 aliphatic carbocycles. The van der Waals surface area contributed by atoms with Gasteiger partial charge in [0.1, 0.15) is 5.75 Å². The summed E-state index contributed by atoms with van der Waals surface area (Å²) < 4.78 is 5.29. The normalized spacial score (nSPS) is 18.5. The second-order valence-electron chi connectivity index (χ2n) is 6.76. The van der Waals surface area contributed by atoms with Crippen LogP contribution in [0.2, 0.25) is 0 Å². The first-order valence-electron chi connectivity index (χ1n) is 8.75. The Morgan fingerprint density at radius 1 is 1.08 bits per heavy atom. The highest BCUT2D eigenvalue weighted by molar-refractivity contribution is 5.97. The Morgan fingerprint density at radius 2 is 1.88 bits per heavy atom. The largest absolute Gasteiger partial charge is 0.497 e. The standard InChI is InChI=1S/C21H26N2O2/c1-15-8-9-19(12-16(15)2)23-11-10-22(17(3)21(23)24)14-18-6-5-7-20(13-18)25-4/h5-9,12-13,17H,10-11,14H2,1-4H3. The van der Waals surface area contributed by atoms with Gasteiger partial charge >= 0.3 is 0 Å². The highest BCUT2D eigenvalue weighted by Gasteiger charge is 2.32. The summed E-state index contributed by atoms with van der Waals surface area (Å²) in [6, 6.07) is 14.2. The van der Waals surface area contributed by atoms with Gasteiger partial charge in [-0.25, -0.2) is 0 Å². The molecule has 4 nitrogen and oxygen atoms in total. The van der Waals surface area contributed by atoms with Crippen LogP contribution in [0.25, 0.3) is 0 Å². The van der Waals surface area contributed by atoms with E-state index in [1.165, 1.54) is 16.7 Å². The third kappa shape index (κ3) is 3.69. The summed E-state index contributed by atoms with van der Waals surface area (Å²) in [5.74, 6) is 1.02. The van der Waals surface area contributed by atoms with Crippen molar-refractivity contribution in [2.75, 3.05) is 25.1 Å². The first-order valence-corrected chi connectivity index (χ1v) is 8.75. The van der Waals surface area contributed by atoms with Crippen molar-refractivity contribution in [1.82, 2.24) is 4.90 Å². The first-order chi connectivity index (χ1) is 12.0. The smallest absolute Gasteiger partial charge is 0.244 e. The minimum atomic E-state index is -0.137. The van der Waals surface area contributed by atoms with Gasteiger partial charge in [0.2, 0.25) is 5.91 Å². The summed E-state index contributed by atoms with van der Waals surface area (Å²) in [5, 5.41) is 0. The molecule has 1 atom stereocenters. The lowest BCUT2D eigenvalue weighted by Crippen LogP contribution is -2.55. The van der Waals surface area contributed by atoms with Crippen LogP contribution >= 0.6 is 0 Å².